The summed E-state index contributed by atoms with van der Waals surface area (Å²) in [6, 6.07) is 5.39. The molecule has 0 aliphatic carbocycles. The van der Waals surface area contributed by atoms with Gasteiger partial charge in [0.05, 0.1) is 22.2 Å². The number of carbonyl (C=O) groups excluding carboxylic acids is 1. The number of hydrogen-bond acceptors (Lipinski definition) is 4. The molecule has 0 N–H and O–H groups in total. The van der Waals surface area contributed by atoms with Crippen LogP contribution in [0.4, 0.5) is 13.2 Å². The van der Waals surface area contributed by atoms with E-state index >= 15 is 0 Å². The summed E-state index contributed by atoms with van der Waals surface area (Å²) in [5, 5.41) is 9.19. The van der Waals surface area contributed by atoms with Gasteiger partial charge in [-0.2, -0.15) is 18.4 Å². The highest BCUT2D eigenvalue weighted by atomic mass is 32.1. The summed E-state index contributed by atoms with van der Waals surface area (Å²) < 4.78 is 37.5. The highest BCUT2D eigenvalue weighted by Crippen LogP contribution is 2.30. The molecule has 2 heterocycles. The van der Waals surface area contributed by atoms with E-state index in [1.54, 1.807) is 6.07 Å². The Morgan fingerprint density at radius 1 is 1.36 bits per heavy atom. The standard InChI is InChI=1S/C15H11F3N2OS/c1-8-5-13(22-9(8)2)14(21)11(6-19)12-4-3-10(7-20-12)15(16,17)18/h3-5,7,11H,1-2H3. The van der Waals surface area contributed by atoms with Gasteiger partial charge >= 0.3 is 6.18 Å². The topological polar surface area (TPSA) is 53.8 Å². The fourth-order valence-corrected chi connectivity index (χ4v) is 2.84. The number of ketones is 1. The molecule has 0 amide bonds. The van der Waals surface area contributed by atoms with E-state index in [1.807, 2.05) is 19.9 Å². The Morgan fingerprint density at radius 3 is 2.45 bits per heavy atom. The third-order valence-electron chi connectivity index (χ3n) is 3.21. The number of hydrogen-bond donors (Lipinski definition) is 0. The fraction of sp³-hybridized carbons (Fsp3) is 0.267. The predicted molar refractivity (Wildman–Crippen MR) is 75.7 cm³/mol. The van der Waals surface area contributed by atoms with Crippen LogP contribution in [0.15, 0.2) is 24.4 Å². The van der Waals surface area contributed by atoms with Crippen molar-refractivity contribution in [3.8, 4) is 6.07 Å². The lowest BCUT2D eigenvalue weighted by Gasteiger charge is -2.09. The molecule has 0 aliphatic heterocycles. The van der Waals surface area contributed by atoms with E-state index in [2.05, 4.69) is 4.98 Å². The van der Waals surface area contributed by atoms with Crippen molar-refractivity contribution in [1.29, 1.82) is 5.26 Å². The maximum atomic E-state index is 12.5. The first-order valence-electron chi connectivity index (χ1n) is 6.28. The normalized spacial score (nSPS) is 12.7. The Hall–Kier alpha value is -2.20. The van der Waals surface area contributed by atoms with Gasteiger partial charge in [-0.05, 0) is 37.6 Å². The maximum Gasteiger partial charge on any atom is 0.417 e. The second kappa shape index (κ2) is 5.89. The molecule has 0 saturated heterocycles. The Morgan fingerprint density at radius 2 is 2.05 bits per heavy atom. The highest BCUT2D eigenvalue weighted by molar-refractivity contribution is 7.14. The number of rotatable bonds is 3. The van der Waals surface area contributed by atoms with Crippen molar-refractivity contribution in [3.63, 3.8) is 0 Å². The molecule has 0 radical (unpaired) electrons. The third kappa shape index (κ3) is 3.17. The van der Waals surface area contributed by atoms with Crippen LogP contribution in [0.25, 0.3) is 0 Å². The second-order valence-corrected chi connectivity index (χ2v) is 6.00. The molecule has 22 heavy (non-hydrogen) atoms. The number of pyridine rings is 1. The van der Waals surface area contributed by atoms with Gasteiger partial charge in [-0.1, -0.05) is 0 Å². The van der Waals surface area contributed by atoms with Gasteiger partial charge in [0, 0.05) is 11.1 Å². The number of aromatic nitrogens is 1. The van der Waals surface area contributed by atoms with Gasteiger partial charge in [0.25, 0.3) is 0 Å². The minimum atomic E-state index is -4.50. The van der Waals surface area contributed by atoms with E-state index in [4.69, 9.17) is 0 Å². The van der Waals surface area contributed by atoms with Crippen molar-refractivity contribution in [3.05, 3.63) is 51.0 Å². The molecule has 3 nitrogen and oxygen atoms in total. The van der Waals surface area contributed by atoms with Crippen LogP contribution in [0.5, 0.6) is 0 Å². The number of halogens is 3. The molecule has 2 rings (SSSR count). The van der Waals surface area contributed by atoms with Gasteiger partial charge in [0.2, 0.25) is 0 Å². The van der Waals surface area contributed by atoms with Crippen molar-refractivity contribution in [2.24, 2.45) is 0 Å². The lowest BCUT2D eigenvalue weighted by Crippen LogP contribution is -2.13. The number of Topliss-reactive ketones (excluding diaryl/α,β-unsaturated/α-hetero) is 1. The molecule has 0 fully saturated rings. The molecule has 1 atom stereocenters. The number of nitriles is 1. The Balaban J connectivity index is 2.32. The van der Waals surface area contributed by atoms with Crippen LogP contribution in [-0.4, -0.2) is 10.8 Å². The lowest BCUT2D eigenvalue weighted by molar-refractivity contribution is -0.137. The van der Waals surface area contributed by atoms with Crippen molar-refractivity contribution < 1.29 is 18.0 Å². The van der Waals surface area contributed by atoms with Crippen LogP contribution in [0.3, 0.4) is 0 Å². The van der Waals surface area contributed by atoms with E-state index in [9.17, 15) is 23.2 Å². The minimum Gasteiger partial charge on any atom is -0.291 e. The van der Waals surface area contributed by atoms with Gasteiger partial charge < -0.3 is 0 Å². The zero-order chi connectivity index (χ0) is 16.5. The van der Waals surface area contributed by atoms with E-state index in [0.717, 1.165) is 22.6 Å². The Labute approximate surface area is 129 Å². The molecule has 0 saturated carbocycles. The van der Waals surface area contributed by atoms with Crippen molar-refractivity contribution in [2.45, 2.75) is 25.9 Å². The van der Waals surface area contributed by atoms with E-state index in [0.29, 0.717) is 11.1 Å². The molecule has 2 aromatic rings. The van der Waals surface area contributed by atoms with Crippen molar-refractivity contribution in [2.75, 3.05) is 0 Å². The van der Waals surface area contributed by atoms with Crippen LogP contribution in [0, 0.1) is 25.2 Å². The maximum absolute atomic E-state index is 12.5. The first-order valence-corrected chi connectivity index (χ1v) is 7.09. The number of alkyl halides is 3. The van der Waals surface area contributed by atoms with Crippen LogP contribution >= 0.6 is 11.3 Å². The van der Waals surface area contributed by atoms with Crippen LogP contribution < -0.4 is 0 Å². The summed E-state index contributed by atoms with van der Waals surface area (Å²) in [6.45, 7) is 3.70. The van der Waals surface area contributed by atoms with E-state index < -0.39 is 23.4 Å². The van der Waals surface area contributed by atoms with Crippen LogP contribution in [0.1, 0.15) is 37.3 Å². The van der Waals surface area contributed by atoms with Gasteiger partial charge in [0.1, 0.15) is 0 Å². The van der Waals surface area contributed by atoms with E-state index in [-0.39, 0.29) is 5.69 Å². The molecule has 1 unspecified atom stereocenters. The highest BCUT2D eigenvalue weighted by Gasteiger charge is 2.32. The number of aryl methyl sites for hydroxylation is 2. The average molecular weight is 324 g/mol. The Bertz CT molecular complexity index is 722. The van der Waals surface area contributed by atoms with Gasteiger partial charge in [-0.15, -0.1) is 11.3 Å². The van der Waals surface area contributed by atoms with Gasteiger partial charge in [-0.3, -0.25) is 9.78 Å². The van der Waals surface area contributed by atoms with E-state index in [1.165, 1.54) is 11.3 Å². The van der Waals surface area contributed by atoms with Crippen LogP contribution in [0.2, 0.25) is 0 Å². The lowest BCUT2D eigenvalue weighted by atomic mass is 9.99. The summed E-state index contributed by atoms with van der Waals surface area (Å²) in [5.41, 5.74) is 0.0397. The number of nitrogens with zero attached hydrogens (tertiary/aromatic N) is 2. The molecule has 114 valence electrons. The Kier molecular flexibility index (Phi) is 4.33. The largest absolute Gasteiger partial charge is 0.417 e. The SMILES string of the molecule is Cc1cc(C(=O)C(C#N)c2ccc(C(F)(F)F)cn2)sc1C. The summed E-state index contributed by atoms with van der Waals surface area (Å²) >= 11 is 1.26. The van der Waals surface area contributed by atoms with Crippen molar-refractivity contribution in [1.82, 2.24) is 4.98 Å². The smallest absolute Gasteiger partial charge is 0.291 e. The summed E-state index contributed by atoms with van der Waals surface area (Å²) in [4.78, 5) is 17.3. The zero-order valence-corrected chi connectivity index (χ0v) is 12.5. The summed E-state index contributed by atoms with van der Waals surface area (Å²) in [5.74, 6) is -1.66. The molecule has 0 spiro atoms. The number of carbonyl (C=O) groups is 1. The quantitative estimate of drug-likeness (QED) is 0.792. The molecule has 2 aromatic heterocycles. The molecule has 7 heteroatoms. The number of thiophene rings is 1. The molecular formula is C15H11F3N2OS. The monoisotopic (exact) mass is 324 g/mol. The average Bonchev–Trinajstić information content (AvgIpc) is 2.79. The second-order valence-electron chi connectivity index (χ2n) is 4.75. The van der Waals surface area contributed by atoms with Gasteiger partial charge in [-0.25, -0.2) is 0 Å². The molecule has 0 aromatic carbocycles. The zero-order valence-electron chi connectivity index (χ0n) is 11.7. The first-order chi connectivity index (χ1) is 10.2. The van der Waals surface area contributed by atoms with Crippen LogP contribution in [-0.2, 0) is 6.18 Å². The van der Waals surface area contributed by atoms with Gasteiger partial charge in [0.15, 0.2) is 11.7 Å². The molecule has 0 aliphatic rings. The predicted octanol–water partition coefficient (Wildman–Crippen LogP) is 4.27. The summed E-state index contributed by atoms with van der Waals surface area (Å²) in [6.07, 6.45) is -3.86. The summed E-state index contributed by atoms with van der Waals surface area (Å²) in [7, 11) is 0. The first kappa shape index (κ1) is 16.2. The van der Waals surface area contributed by atoms with Crippen molar-refractivity contribution >= 4 is 17.1 Å². The molecular weight excluding hydrogens is 313 g/mol. The molecule has 0 bridgehead atoms. The fourth-order valence-electron chi connectivity index (χ4n) is 1.84. The third-order valence-corrected chi connectivity index (χ3v) is 4.38. The minimum absolute atomic E-state index is 0.0178.